The summed E-state index contributed by atoms with van der Waals surface area (Å²) < 4.78 is 44.8. The van der Waals surface area contributed by atoms with Crippen LogP contribution in [-0.2, 0) is 18.3 Å². The van der Waals surface area contributed by atoms with Crippen molar-refractivity contribution in [3.05, 3.63) is 12.2 Å². The fourth-order valence-corrected chi connectivity index (χ4v) is 5.71. The van der Waals surface area contributed by atoms with Gasteiger partial charge in [-0.2, -0.15) is 0 Å². The Balaban J connectivity index is 5.59. The molecule has 0 aromatic carbocycles. The van der Waals surface area contributed by atoms with E-state index in [1.807, 2.05) is 0 Å². The topological polar surface area (TPSA) is 230 Å². The monoisotopic (exact) mass is 432 g/mol. The second-order valence-electron chi connectivity index (χ2n) is 5.04. The van der Waals surface area contributed by atoms with Crippen molar-refractivity contribution in [1.82, 2.24) is 0 Å². The quantitative estimate of drug-likeness (QED) is 0.170. The molecule has 0 radical (unpaired) electrons. The van der Waals surface area contributed by atoms with E-state index >= 15 is 0 Å². The predicted octanol–water partition coefficient (Wildman–Crippen LogP) is 0.120. The predicted molar refractivity (Wildman–Crippen MR) is 83.6 cm³/mol. The van der Waals surface area contributed by atoms with Gasteiger partial charge in [0, 0.05) is 6.16 Å². The lowest BCUT2D eigenvalue weighted by Crippen LogP contribution is -2.27. The van der Waals surface area contributed by atoms with Gasteiger partial charge in [0.1, 0.15) is 0 Å². The number of hydrogen-bond acceptors (Lipinski definition) is 4. The van der Waals surface area contributed by atoms with Gasteiger partial charge >= 0.3 is 30.4 Å². The van der Waals surface area contributed by atoms with E-state index < -0.39 is 66.9 Å². The molecule has 0 bridgehead atoms. The molecule has 24 heavy (non-hydrogen) atoms. The van der Waals surface area contributed by atoms with Crippen LogP contribution in [0.1, 0.15) is 19.3 Å². The number of allylic oxidation sites excluding steroid dienone is 2. The van der Waals surface area contributed by atoms with Gasteiger partial charge in [-0.1, -0.05) is 12.2 Å². The Morgan fingerprint density at radius 2 is 1.12 bits per heavy atom. The average molecular weight is 432 g/mol. The summed E-state index contributed by atoms with van der Waals surface area (Å²) in [5, 5.41) is 0. The van der Waals surface area contributed by atoms with Crippen LogP contribution in [0.25, 0.3) is 0 Å². The lowest BCUT2D eigenvalue weighted by Gasteiger charge is -2.32. The maximum Gasteiger partial charge on any atom is 0.347 e. The van der Waals surface area contributed by atoms with Gasteiger partial charge in [0.05, 0.1) is 6.16 Å². The Kier molecular flexibility index (Phi) is 8.47. The molecule has 16 heteroatoms. The smallest absolute Gasteiger partial charge is 0.324 e. The molecule has 0 aliphatic rings. The third-order valence-corrected chi connectivity index (χ3v) is 9.04. The van der Waals surface area contributed by atoms with Crippen molar-refractivity contribution in [3.63, 3.8) is 0 Å². The highest BCUT2D eigenvalue weighted by Gasteiger charge is 2.57. The molecule has 0 fully saturated rings. The molecule has 0 amide bonds. The van der Waals surface area contributed by atoms with Crippen LogP contribution in [0.5, 0.6) is 0 Å². The summed E-state index contributed by atoms with van der Waals surface area (Å²) in [5.74, 6) is 0. The van der Waals surface area contributed by atoms with Gasteiger partial charge in [0.25, 0.3) is 0 Å². The van der Waals surface area contributed by atoms with E-state index in [2.05, 4.69) is 0 Å². The summed E-state index contributed by atoms with van der Waals surface area (Å²) in [6, 6.07) is 0. The van der Waals surface area contributed by atoms with E-state index in [1.165, 1.54) is 0 Å². The Hall–Kier alpha value is 0.340. The Morgan fingerprint density at radius 1 is 0.708 bits per heavy atom. The average Bonchev–Trinajstić information content (AvgIpc) is 2.26. The Morgan fingerprint density at radius 3 is 1.46 bits per heavy atom. The first-order valence-corrected chi connectivity index (χ1v) is 13.1. The van der Waals surface area contributed by atoms with E-state index in [0.717, 1.165) is 6.08 Å². The molecule has 0 spiro atoms. The third-order valence-electron chi connectivity index (χ3n) is 2.97. The summed E-state index contributed by atoms with van der Waals surface area (Å²) in [6.07, 6.45) is -2.19. The van der Waals surface area contributed by atoms with Crippen LogP contribution in [-0.4, -0.2) is 56.4 Å². The third kappa shape index (κ3) is 8.15. The fourth-order valence-electron chi connectivity index (χ4n) is 1.80. The van der Waals surface area contributed by atoms with Crippen molar-refractivity contribution in [3.8, 4) is 0 Å². The molecule has 0 heterocycles. The largest absolute Gasteiger partial charge is 0.347 e. The van der Waals surface area contributed by atoms with Crippen molar-refractivity contribution >= 4 is 30.4 Å². The van der Waals surface area contributed by atoms with E-state index in [1.54, 1.807) is 0 Å². The van der Waals surface area contributed by atoms with E-state index in [-0.39, 0.29) is 0 Å². The first-order chi connectivity index (χ1) is 10.4. The highest BCUT2D eigenvalue weighted by Crippen LogP contribution is 2.71. The van der Waals surface area contributed by atoms with Gasteiger partial charge in [0.15, 0.2) is 4.90 Å². The van der Waals surface area contributed by atoms with E-state index in [0.29, 0.717) is 6.08 Å². The number of rotatable bonds is 10. The van der Waals surface area contributed by atoms with Gasteiger partial charge in [-0.15, -0.1) is 0 Å². The molecule has 12 nitrogen and oxygen atoms in total. The standard InChI is InChI=1S/C8H20O12P4/c9-21(10,11)6-2-1-4-8(23(15,16)17,24(18,19)20)5-3-7-22(12,13)14/h1,4H,2-3,5-7H2,(H2,9,10,11)(H2,12,13,14)(H2,15,16,17)(H2,18,19,20). The van der Waals surface area contributed by atoms with Crippen LogP contribution in [0.4, 0.5) is 0 Å². The zero-order chi connectivity index (χ0) is 19.4. The maximum absolute atomic E-state index is 11.7. The Bertz CT molecular complexity index is 609. The molecular weight excluding hydrogens is 412 g/mol. The van der Waals surface area contributed by atoms with Crippen molar-refractivity contribution in [2.45, 2.75) is 24.2 Å². The molecule has 8 N–H and O–H groups in total. The van der Waals surface area contributed by atoms with Crippen LogP contribution >= 0.6 is 30.4 Å². The highest BCUT2D eigenvalue weighted by molar-refractivity contribution is 7.72. The molecule has 0 unspecified atom stereocenters. The van der Waals surface area contributed by atoms with Crippen molar-refractivity contribution in [2.75, 3.05) is 12.3 Å². The zero-order valence-corrected chi connectivity index (χ0v) is 15.8. The van der Waals surface area contributed by atoms with Crippen molar-refractivity contribution < 1.29 is 57.4 Å². The summed E-state index contributed by atoms with van der Waals surface area (Å²) in [6.45, 7) is 0. The Labute approximate surface area is 137 Å². The molecule has 0 aromatic rings. The van der Waals surface area contributed by atoms with Crippen LogP contribution < -0.4 is 0 Å². The lowest BCUT2D eigenvalue weighted by atomic mass is 10.2. The van der Waals surface area contributed by atoms with E-state index in [9.17, 15) is 37.8 Å². The van der Waals surface area contributed by atoms with Crippen molar-refractivity contribution in [1.29, 1.82) is 0 Å². The zero-order valence-electron chi connectivity index (χ0n) is 12.2. The molecule has 0 aliphatic carbocycles. The number of hydrogen-bond donors (Lipinski definition) is 8. The summed E-state index contributed by atoms with van der Waals surface area (Å²) in [4.78, 5) is 69.3. The van der Waals surface area contributed by atoms with Crippen LogP contribution in [0.2, 0.25) is 0 Å². The van der Waals surface area contributed by atoms with Gasteiger partial charge in [-0.25, -0.2) is 0 Å². The molecule has 0 rings (SSSR count). The normalized spacial score (nSPS) is 15.2. The second kappa shape index (κ2) is 8.35. The van der Waals surface area contributed by atoms with Gasteiger partial charge < -0.3 is 39.1 Å². The highest BCUT2D eigenvalue weighted by atomic mass is 31.2. The molecule has 0 aliphatic heterocycles. The lowest BCUT2D eigenvalue weighted by molar-refractivity contribution is 0.314. The van der Waals surface area contributed by atoms with Crippen LogP contribution in [0, 0.1) is 0 Å². The summed E-state index contributed by atoms with van der Waals surface area (Å²) in [7, 11) is -19.9. The summed E-state index contributed by atoms with van der Waals surface area (Å²) >= 11 is 0. The molecule has 0 atom stereocenters. The van der Waals surface area contributed by atoms with E-state index in [4.69, 9.17) is 19.6 Å². The van der Waals surface area contributed by atoms with Crippen LogP contribution in [0.15, 0.2) is 12.2 Å². The molecule has 0 aromatic heterocycles. The van der Waals surface area contributed by atoms with Gasteiger partial charge in [0.2, 0.25) is 0 Å². The van der Waals surface area contributed by atoms with Gasteiger partial charge in [-0.05, 0) is 19.3 Å². The van der Waals surface area contributed by atoms with Crippen LogP contribution in [0.3, 0.4) is 0 Å². The van der Waals surface area contributed by atoms with Gasteiger partial charge in [-0.3, -0.25) is 18.3 Å². The maximum atomic E-state index is 11.7. The first kappa shape index (κ1) is 24.3. The SMILES string of the molecule is O=P(O)(O)CCC=CC(CCCP(=O)(O)O)(P(=O)(O)O)P(=O)(O)O. The minimum atomic E-state index is -5.49. The molecule has 144 valence electrons. The molecular formula is C8H20O12P4. The minimum Gasteiger partial charge on any atom is -0.324 e. The first-order valence-electron chi connectivity index (χ1n) is 6.29. The second-order valence-corrected chi connectivity index (χ2v) is 12.7. The minimum absolute atomic E-state index is 0.412. The van der Waals surface area contributed by atoms with Crippen molar-refractivity contribution in [2.24, 2.45) is 0 Å². The summed E-state index contributed by atoms with van der Waals surface area (Å²) in [5.41, 5.74) is 0. The molecule has 0 saturated heterocycles. The fraction of sp³-hybridized carbons (Fsp3) is 0.750. The molecule has 0 saturated carbocycles.